The zero-order chi connectivity index (χ0) is 17.2. The van der Waals surface area contributed by atoms with Crippen LogP contribution in [0.15, 0.2) is 23.8 Å². The molecule has 1 aromatic rings. The first kappa shape index (κ1) is 18.8. The van der Waals surface area contributed by atoms with Crippen LogP contribution in [-0.2, 0) is 4.79 Å². The fourth-order valence-electron chi connectivity index (χ4n) is 2.00. The van der Waals surface area contributed by atoms with Crippen LogP contribution in [0.25, 0.3) is 6.08 Å². The standard InChI is InChI=1S/C19H25NO3/c1-5-7-10-23-18-12-15(8-9-17(18)22-4)11-16(13-20)19(21)14(3)6-2/h8-9,11-12,14H,5-7,10H2,1-4H3/b16-11-/t14-/m1/s1. The molecule has 0 amide bonds. The molecule has 0 heterocycles. The van der Waals surface area contributed by atoms with Gasteiger partial charge in [0.2, 0.25) is 0 Å². The number of benzene rings is 1. The lowest BCUT2D eigenvalue weighted by molar-refractivity contribution is -0.118. The van der Waals surface area contributed by atoms with Crippen molar-refractivity contribution in [2.24, 2.45) is 5.92 Å². The molecule has 4 heteroatoms. The highest BCUT2D eigenvalue weighted by molar-refractivity contribution is 6.04. The van der Waals surface area contributed by atoms with Crippen molar-refractivity contribution in [3.63, 3.8) is 0 Å². The Morgan fingerprint density at radius 2 is 2.09 bits per heavy atom. The Morgan fingerprint density at radius 1 is 1.35 bits per heavy atom. The molecule has 0 radical (unpaired) electrons. The largest absolute Gasteiger partial charge is 0.493 e. The number of Topliss-reactive ketones (excluding diaryl/α,β-unsaturated/α-hetero) is 1. The van der Waals surface area contributed by atoms with Crippen molar-refractivity contribution in [1.82, 2.24) is 0 Å². The Bertz CT molecular complexity index is 599. The van der Waals surface area contributed by atoms with E-state index < -0.39 is 0 Å². The molecule has 4 nitrogen and oxygen atoms in total. The van der Waals surface area contributed by atoms with E-state index in [4.69, 9.17) is 9.47 Å². The highest BCUT2D eigenvalue weighted by Gasteiger charge is 2.16. The lowest BCUT2D eigenvalue weighted by Crippen LogP contribution is -2.11. The van der Waals surface area contributed by atoms with E-state index in [9.17, 15) is 10.1 Å². The minimum Gasteiger partial charge on any atom is -0.493 e. The lowest BCUT2D eigenvalue weighted by atomic mass is 9.96. The number of hydrogen-bond donors (Lipinski definition) is 0. The highest BCUT2D eigenvalue weighted by atomic mass is 16.5. The van der Waals surface area contributed by atoms with Gasteiger partial charge in [0.1, 0.15) is 6.07 Å². The number of ketones is 1. The summed E-state index contributed by atoms with van der Waals surface area (Å²) in [7, 11) is 1.59. The fourth-order valence-corrected chi connectivity index (χ4v) is 2.00. The van der Waals surface area contributed by atoms with Crippen LogP contribution in [0.4, 0.5) is 0 Å². The van der Waals surface area contributed by atoms with Gasteiger partial charge >= 0.3 is 0 Å². The molecule has 1 rings (SSSR count). The second kappa shape index (κ2) is 9.68. The molecule has 0 spiro atoms. The average molecular weight is 315 g/mol. The number of carbonyl (C=O) groups excluding carboxylic acids is 1. The molecule has 0 unspecified atom stereocenters. The topological polar surface area (TPSA) is 59.3 Å². The SMILES string of the molecule is CCCCOc1cc(/C=C(/C#N)C(=O)[C@H](C)CC)ccc1OC. The van der Waals surface area contributed by atoms with Crippen molar-refractivity contribution >= 4 is 11.9 Å². The van der Waals surface area contributed by atoms with Gasteiger partial charge in [-0.3, -0.25) is 4.79 Å². The van der Waals surface area contributed by atoms with Gasteiger partial charge in [-0.05, 0) is 36.6 Å². The van der Waals surface area contributed by atoms with Crippen LogP contribution in [0.3, 0.4) is 0 Å². The minimum atomic E-state index is -0.153. The fraction of sp³-hybridized carbons (Fsp3) is 0.474. The van der Waals surface area contributed by atoms with Crippen LogP contribution in [0, 0.1) is 17.2 Å². The normalized spacial score (nSPS) is 12.4. The molecule has 0 aliphatic heterocycles. The van der Waals surface area contributed by atoms with E-state index in [0.717, 1.165) is 18.4 Å². The Labute approximate surface area is 138 Å². The third kappa shape index (κ3) is 5.45. The Kier molecular flexibility index (Phi) is 7.90. The van der Waals surface area contributed by atoms with E-state index in [1.54, 1.807) is 25.3 Å². The summed E-state index contributed by atoms with van der Waals surface area (Å²) in [6.45, 7) is 6.47. The molecule has 0 fully saturated rings. The van der Waals surface area contributed by atoms with Crippen LogP contribution in [-0.4, -0.2) is 19.5 Å². The van der Waals surface area contributed by atoms with E-state index in [0.29, 0.717) is 24.5 Å². The zero-order valence-electron chi connectivity index (χ0n) is 14.4. The van der Waals surface area contributed by atoms with Crippen molar-refractivity contribution in [3.8, 4) is 17.6 Å². The number of nitrogens with zero attached hydrogens (tertiary/aromatic N) is 1. The average Bonchev–Trinajstić information content (AvgIpc) is 2.58. The first-order chi connectivity index (χ1) is 11.1. The van der Waals surface area contributed by atoms with Gasteiger partial charge in [-0.1, -0.05) is 33.3 Å². The van der Waals surface area contributed by atoms with Crippen molar-refractivity contribution < 1.29 is 14.3 Å². The van der Waals surface area contributed by atoms with Crippen molar-refractivity contribution in [1.29, 1.82) is 5.26 Å². The molecule has 0 bridgehead atoms. The minimum absolute atomic E-state index is 0.126. The summed E-state index contributed by atoms with van der Waals surface area (Å²) in [5.74, 6) is 0.992. The highest BCUT2D eigenvalue weighted by Crippen LogP contribution is 2.29. The van der Waals surface area contributed by atoms with E-state index in [1.165, 1.54) is 0 Å². The van der Waals surface area contributed by atoms with Gasteiger partial charge in [0.25, 0.3) is 0 Å². The quantitative estimate of drug-likeness (QED) is 0.385. The number of allylic oxidation sites excluding steroid dienone is 1. The molecular weight excluding hydrogens is 290 g/mol. The summed E-state index contributed by atoms with van der Waals surface area (Å²) >= 11 is 0. The molecule has 0 saturated carbocycles. The van der Waals surface area contributed by atoms with Crippen molar-refractivity contribution in [3.05, 3.63) is 29.3 Å². The number of carbonyl (C=O) groups is 1. The Balaban J connectivity index is 3.07. The van der Waals surface area contributed by atoms with Crippen LogP contribution in [0.2, 0.25) is 0 Å². The molecule has 23 heavy (non-hydrogen) atoms. The van der Waals surface area contributed by atoms with Crippen LogP contribution >= 0.6 is 0 Å². The van der Waals surface area contributed by atoms with Gasteiger partial charge in [-0.15, -0.1) is 0 Å². The first-order valence-electron chi connectivity index (χ1n) is 8.04. The van der Waals surface area contributed by atoms with Gasteiger partial charge in [0.05, 0.1) is 19.3 Å². The molecule has 1 aromatic carbocycles. The number of unbranched alkanes of at least 4 members (excludes halogenated alkanes) is 1. The molecule has 0 aromatic heterocycles. The second-order valence-corrected chi connectivity index (χ2v) is 5.46. The van der Waals surface area contributed by atoms with Crippen molar-refractivity contribution in [2.45, 2.75) is 40.0 Å². The number of nitriles is 1. The predicted octanol–water partition coefficient (Wildman–Crippen LogP) is 4.40. The molecule has 0 aliphatic carbocycles. The van der Waals surface area contributed by atoms with Gasteiger partial charge in [0, 0.05) is 5.92 Å². The second-order valence-electron chi connectivity index (χ2n) is 5.46. The van der Waals surface area contributed by atoms with Crippen LogP contribution in [0.1, 0.15) is 45.6 Å². The maximum atomic E-state index is 12.2. The third-order valence-corrected chi connectivity index (χ3v) is 3.70. The molecular formula is C19H25NO3. The number of ether oxygens (including phenoxy) is 2. The molecule has 1 atom stereocenters. The third-order valence-electron chi connectivity index (χ3n) is 3.70. The maximum absolute atomic E-state index is 12.2. The molecule has 0 N–H and O–H groups in total. The summed E-state index contributed by atoms with van der Waals surface area (Å²) < 4.78 is 11.0. The molecule has 0 aliphatic rings. The molecule has 0 saturated heterocycles. The number of rotatable bonds is 9. The summed E-state index contributed by atoms with van der Waals surface area (Å²) in [5, 5.41) is 9.25. The van der Waals surface area contributed by atoms with E-state index >= 15 is 0 Å². The van der Waals surface area contributed by atoms with Crippen molar-refractivity contribution in [2.75, 3.05) is 13.7 Å². The van der Waals surface area contributed by atoms with Gasteiger partial charge in [0.15, 0.2) is 17.3 Å². The van der Waals surface area contributed by atoms with Gasteiger partial charge in [-0.25, -0.2) is 0 Å². The van der Waals surface area contributed by atoms with E-state index in [-0.39, 0.29) is 17.3 Å². The van der Waals surface area contributed by atoms with Crippen LogP contribution < -0.4 is 9.47 Å². The van der Waals surface area contributed by atoms with E-state index in [2.05, 4.69) is 6.92 Å². The zero-order valence-corrected chi connectivity index (χ0v) is 14.4. The summed E-state index contributed by atoms with van der Waals surface area (Å²) in [6.07, 6.45) is 4.33. The monoisotopic (exact) mass is 315 g/mol. The summed E-state index contributed by atoms with van der Waals surface area (Å²) in [6, 6.07) is 7.41. The van der Waals surface area contributed by atoms with Crippen LogP contribution in [0.5, 0.6) is 11.5 Å². The van der Waals surface area contributed by atoms with E-state index in [1.807, 2.05) is 26.0 Å². The maximum Gasteiger partial charge on any atom is 0.176 e. The lowest BCUT2D eigenvalue weighted by Gasteiger charge is -2.11. The Morgan fingerprint density at radius 3 is 2.65 bits per heavy atom. The van der Waals surface area contributed by atoms with Gasteiger partial charge in [-0.2, -0.15) is 5.26 Å². The number of hydrogen-bond acceptors (Lipinski definition) is 4. The first-order valence-corrected chi connectivity index (χ1v) is 8.04. The Hall–Kier alpha value is -2.28. The summed E-state index contributed by atoms with van der Waals surface area (Å²) in [5.41, 5.74) is 0.925. The number of methoxy groups -OCH3 is 1. The molecule has 124 valence electrons. The smallest absolute Gasteiger partial charge is 0.176 e. The summed E-state index contributed by atoms with van der Waals surface area (Å²) in [4.78, 5) is 12.2. The van der Waals surface area contributed by atoms with Gasteiger partial charge < -0.3 is 9.47 Å². The predicted molar refractivity (Wildman–Crippen MR) is 91.4 cm³/mol.